The molecular weight excluding hydrogens is 356 g/mol. The van der Waals surface area contributed by atoms with E-state index in [0.717, 1.165) is 11.1 Å². The van der Waals surface area contributed by atoms with Crippen molar-refractivity contribution in [2.75, 3.05) is 0 Å². The van der Waals surface area contributed by atoms with Crippen LogP contribution in [-0.2, 0) is 4.79 Å². The molecule has 0 unspecified atom stereocenters. The smallest absolute Gasteiger partial charge is 0.233 e. The van der Waals surface area contributed by atoms with Crippen LogP contribution in [0, 0.1) is 0 Å². The van der Waals surface area contributed by atoms with Gasteiger partial charge in [0.05, 0.1) is 24.0 Å². The molecule has 0 aromatic heterocycles. The maximum absolute atomic E-state index is 13.2. The van der Waals surface area contributed by atoms with Crippen LogP contribution in [0.2, 0.25) is 0 Å². The van der Waals surface area contributed by atoms with Crippen molar-refractivity contribution in [1.82, 2.24) is 4.90 Å². The van der Waals surface area contributed by atoms with Crippen molar-refractivity contribution in [1.29, 1.82) is 0 Å². The van der Waals surface area contributed by atoms with Gasteiger partial charge in [-0.15, -0.1) is 0 Å². The third-order valence-corrected chi connectivity index (χ3v) is 5.79. The molecule has 0 radical (unpaired) electrons. The summed E-state index contributed by atoms with van der Waals surface area (Å²) in [4.78, 5) is 20.0. The second-order valence-corrected chi connectivity index (χ2v) is 7.60. The Morgan fingerprint density at radius 1 is 0.793 bits per heavy atom. The Balaban J connectivity index is 1.62. The molecule has 1 aliphatic heterocycles. The number of benzene rings is 3. The van der Waals surface area contributed by atoms with Gasteiger partial charge < -0.3 is 4.90 Å². The molecule has 146 valence electrons. The van der Waals surface area contributed by atoms with Gasteiger partial charge in [0.15, 0.2) is 0 Å². The molecule has 3 aromatic carbocycles. The third-order valence-electron chi connectivity index (χ3n) is 5.79. The van der Waals surface area contributed by atoms with Crippen LogP contribution in [0.25, 0.3) is 0 Å². The first kappa shape index (κ1) is 19.1. The molecule has 3 aromatic rings. The maximum Gasteiger partial charge on any atom is 0.233 e. The molecule has 1 amide bonds. The number of nitrogens with zero attached hydrogens (tertiary/aromatic N) is 2. The lowest BCUT2D eigenvalue weighted by molar-refractivity contribution is -0.149. The van der Waals surface area contributed by atoms with Crippen molar-refractivity contribution in [3.8, 4) is 0 Å². The van der Waals surface area contributed by atoms with Crippen LogP contribution in [0.4, 0.5) is 0 Å². The molecule has 0 saturated carbocycles. The molecular formula is C26H26N2O. The molecule has 29 heavy (non-hydrogen) atoms. The molecule has 0 spiro atoms. The van der Waals surface area contributed by atoms with E-state index in [1.165, 1.54) is 5.56 Å². The largest absolute Gasteiger partial charge is 0.326 e. The van der Waals surface area contributed by atoms with Gasteiger partial charge in [-0.2, -0.15) is 0 Å². The molecule has 3 heteroatoms. The Kier molecular flexibility index (Phi) is 5.57. The molecule has 3 nitrogen and oxygen atoms in total. The van der Waals surface area contributed by atoms with Crippen LogP contribution in [0.3, 0.4) is 0 Å². The Morgan fingerprint density at radius 2 is 1.31 bits per heavy atom. The lowest BCUT2D eigenvalue weighted by atomic mass is 9.80. The van der Waals surface area contributed by atoms with Crippen LogP contribution in [0.1, 0.15) is 48.5 Å². The number of hydrogen-bond donors (Lipinski definition) is 0. The highest BCUT2D eigenvalue weighted by atomic mass is 16.2. The third kappa shape index (κ3) is 3.86. The fourth-order valence-corrected chi connectivity index (χ4v) is 4.07. The highest BCUT2D eigenvalue weighted by molar-refractivity contribution is 5.98. The van der Waals surface area contributed by atoms with Gasteiger partial charge in [-0.25, -0.2) is 0 Å². The van der Waals surface area contributed by atoms with Gasteiger partial charge in [-0.3, -0.25) is 9.79 Å². The topological polar surface area (TPSA) is 32.7 Å². The zero-order valence-corrected chi connectivity index (χ0v) is 16.8. The number of β-lactam (4-membered cyclic amide) rings is 1. The van der Waals surface area contributed by atoms with Gasteiger partial charge in [0.25, 0.3) is 0 Å². The summed E-state index contributed by atoms with van der Waals surface area (Å²) in [7, 11) is 0. The summed E-state index contributed by atoms with van der Waals surface area (Å²) in [6.07, 6.45) is 1.98. The summed E-state index contributed by atoms with van der Waals surface area (Å²) in [5.41, 5.74) is 3.37. The fraction of sp³-hybridized carbons (Fsp3) is 0.231. The van der Waals surface area contributed by atoms with Crippen LogP contribution in [-0.4, -0.2) is 23.1 Å². The molecule has 0 N–H and O–H groups in total. The van der Waals surface area contributed by atoms with Crippen molar-refractivity contribution >= 4 is 12.1 Å². The summed E-state index contributed by atoms with van der Waals surface area (Å²) >= 11 is 0. The van der Waals surface area contributed by atoms with Crippen molar-refractivity contribution in [3.63, 3.8) is 0 Å². The summed E-state index contributed by atoms with van der Waals surface area (Å²) in [6, 6.07) is 30.5. The lowest BCUT2D eigenvalue weighted by Crippen LogP contribution is -2.60. The average molecular weight is 383 g/mol. The van der Waals surface area contributed by atoms with Crippen LogP contribution < -0.4 is 0 Å². The first-order chi connectivity index (χ1) is 14.2. The van der Waals surface area contributed by atoms with Crippen LogP contribution in [0.5, 0.6) is 0 Å². The van der Waals surface area contributed by atoms with Crippen molar-refractivity contribution in [3.05, 3.63) is 108 Å². The van der Waals surface area contributed by atoms with Gasteiger partial charge in [-0.1, -0.05) is 91.0 Å². The van der Waals surface area contributed by atoms with Gasteiger partial charge in [0, 0.05) is 6.21 Å². The number of carbonyl (C=O) groups is 1. The van der Waals surface area contributed by atoms with Crippen LogP contribution >= 0.6 is 0 Å². The highest BCUT2D eigenvalue weighted by Crippen LogP contribution is 2.41. The van der Waals surface area contributed by atoms with Gasteiger partial charge in [-0.05, 0) is 30.5 Å². The summed E-state index contributed by atoms with van der Waals surface area (Å²) < 4.78 is 0. The molecule has 1 saturated heterocycles. The second-order valence-electron chi connectivity index (χ2n) is 7.60. The Morgan fingerprint density at radius 3 is 1.90 bits per heavy atom. The average Bonchev–Trinajstić information content (AvgIpc) is 2.78. The molecule has 0 aliphatic carbocycles. The minimum Gasteiger partial charge on any atom is -0.326 e. The predicted octanol–water partition coefficient (Wildman–Crippen LogP) is 5.57. The van der Waals surface area contributed by atoms with Crippen molar-refractivity contribution in [2.45, 2.75) is 37.9 Å². The van der Waals surface area contributed by atoms with Crippen molar-refractivity contribution in [2.24, 2.45) is 4.99 Å². The molecule has 1 heterocycles. The van der Waals surface area contributed by atoms with Gasteiger partial charge in [0.2, 0.25) is 5.91 Å². The lowest BCUT2D eigenvalue weighted by Gasteiger charge is -2.49. The Bertz CT molecular complexity index is 969. The van der Waals surface area contributed by atoms with E-state index >= 15 is 0 Å². The fourth-order valence-electron chi connectivity index (χ4n) is 4.07. The van der Waals surface area contributed by atoms with E-state index in [2.05, 4.69) is 38.1 Å². The standard InChI is InChI=1S/C26H26N2O/c1-19(21-12-6-3-7-13-21)27-18-24-25(23-16-10-5-11-17-23)26(29)28(24)20(2)22-14-8-4-9-15-22/h3-20,24-25H,1-2H3/t19-,20-,24-,25-/m1/s1. The maximum atomic E-state index is 13.2. The van der Waals surface area contributed by atoms with E-state index in [0.29, 0.717) is 0 Å². The monoisotopic (exact) mass is 382 g/mol. The predicted molar refractivity (Wildman–Crippen MR) is 118 cm³/mol. The first-order valence-electron chi connectivity index (χ1n) is 10.2. The second kappa shape index (κ2) is 8.44. The van der Waals surface area contributed by atoms with E-state index < -0.39 is 0 Å². The minimum atomic E-state index is -0.172. The van der Waals surface area contributed by atoms with Crippen molar-refractivity contribution < 1.29 is 4.79 Å². The van der Waals surface area contributed by atoms with Gasteiger partial charge >= 0.3 is 0 Å². The minimum absolute atomic E-state index is 0.00661. The van der Waals surface area contributed by atoms with Gasteiger partial charge in [0.1, 0.15) is 0 Å². The number of amides is 1. The van der Waals surface area contributed by atoms with E-state index in [1.54, 1.807) is 0 Å². The Hall–Kier alpha value is -3.20. The first-order valence-corrected chi connectivity index (χ1v) is 10.2. The Labute approximate surface area is 172 Å². The number of rotatable bonds is 6. The number of aliphatic imine (C=N–C) groups is 1. The normalized spacial score (nSPS) is 21.0. The number of likely N-dealkylation sites (tertiary alicyclic amines) is 1. The molecule has 4 atom stereocenters. The molecule has 0 bridgehead atoms. The highest BCUT2D eigenvalue weighted by Gasteiger charge is 2.49. The molecule has 4 rings (SSSR count). The van der Waals surface area contributed by atoms with E-state index in [4.69, 9.17) is 4.99 Å². The summed E-state index contributed by atoms with van der Waals surface area (Å²) in [5, 5.41) is 0. The van der Waals surface area contributed by atoms with E-state index in [9.17, 15) is 4.79 Å². The molecule has 1 aliphatic rings. The zero-order valence-electron chi connectivity index (χ0n) is 16.8. The summed E-state index contributed by atoms with van der Waals surface area (Å²) in [6.45, 7) is 4.19. The zero-order chi connectivity index (χ0) is 20.2. The van der Waals surface area contributed by atoms with E-state index in [1.807, 2.05) is 77.8 Å². The SMILES string of the molecule is C[C@H](c1ccccc1)N1C(=O)[C@H](c2ccccc2)[C@H]1C=N[C@H](C)c1ccccc1. The summed E-state index contributed by atoms with van der Waals surface area (Å²) in [5.74, 6) is -0.00884. The molecule has 1 fully saturated rings. The van der Waals surface area contributed by atoms with Crippen LogP contribution in [0.15, 0.2) is 96.0 Å². The number of hydrogen-bond acceptors (Lipinski definition) is 2. The van der Waals surface area contributed by atoms with E-state index in [-0.39, 0.29) is 30.0 Å². The number of carbonyl (C=O) groups excluding carboxylic acids is 1. The quantitative estimate of drug-likeness (QED) is 0.405.